The van der Waals surface area contributed by atoms with Gasteiger partial charge in [-0.25, -0.2) is 9.48 Å². The average molecular weight is 337 g/mol. The Hall–Kier alpha value is -1.93. The Morgan fingerprint density at radius 2 is 2.13 bits per heavy atom. The van der Waals surface area contributed by atoms with Crippen molar-refractivity contribution in [2.24, 2.45) is 0 Å². The van der Waals surface area contributed by atoms with Gasteiger partial charge in [0, 0.05) is 20.9 Å². The number of aliphatic carboxylic acids is 1. The lowest BCUT2D eigenvalue weighted by atomic mass is 10.3. The number of hydrogen-bond donors (Lipinski definition) is 1. The molecule has 0 aliphatic carbocycles. The summed E-state index contributed by atoms with van der Waals surface area (Å²) in [6.07, 6.45) is 3.11. The second kappa shape index (κ2) is 6.67. The van der Waals surface area contributed by atoms with E-state index < -0.39 is 20.1 Å². The van der Waals surface area contributed by atoms with Gasteiger partial charge in [-0.15, -0.1) is 0 Å². The predicted octanol–water partition coefficient (Wildman–Crippen LogP) is 2.16. The summed E-state index contributed by atoms with van der Waals surface area (Å²) in [5.74, 6) is -0.957. The lowest BCUT2D eigenvalue weighted by Gasteiger charge is -2.15. The van der Waals surface area contributed by atoms with Crippen LogP contribution in [-0.4, -0.2) is 40.1 Å². The van der Waals surface area contributed by atoms with Crippen molar-refractivity contribution in [3.63, 3.8) is 0 Å². The fraction of sp³-hybridized carbons (Fsp3) is 0.533. The van der Waals surface area contributed by atoms with Crippen LogP contribution in [0.5, 0.6) is 0 Å². The maximum absolute atomic E-state index is 12.4. The van der Waals surface area contributed by atoms with Gasteiger partial charge < -0.3 is 14.4 Å². The SMILES string of the molecule is C[C@H](C(=O)O)n1ccc2c(=O)n(COCC[Si](C)(C)C)ncc21. The molecule has 0 saturated heterocycles. The molecule has 0 fully saturated rings. The summed E-state index contributed by atoms with van der Waals surface area (Å²) in [5, 5.41) is 13.6. The molecule has 0 saturated carbocycles. The molecule has 0 radical (unpaired) electrons. The number of carboxylic acids is 1. The van der Waals surface area contributed by atoms with E-state index in [9.17, 15) is 9.59 Å². The highest BCUT2D eigenvalue weighted by Gasteiger charge is 2.17. The molecule has 2 aromatic rings. The number of aromatic nitrogens is 3. The van der Waals surface area contributed by atoms with E-state index in [2.05, 4.69) is 24.7 Å². The van der Waals surface area contributed by atoms with Crippen molar-refractivity contribution in [1.29, 1.82) is 0 Å². The number of hydrogen-bond acceptors (Lipinski definition) is 4. The average Bonchev–Trinajstić information content (AvgIpc) is 2.88. The second-order valence-corrected chi connectivity index (χ2v) is 12.5. The van der Waals surface area contributed by atoms with E-state index >= 15 is 0 Å². The topological polar surface area (TPSA) is 86.3 Å². The largest absolute Gasteiger partial charge is 0.480 e. The first-order valence-electron chi connectivity index (χ1n) is 7.58. The molecule has 2 rings (SSSR count). The van der Waals surface area contributed by atoms with E-state index in [1.807, 2.05) is 0 Å². The van der Waals surface area contributed by atoms with Crippen molar-refractivity contribution < 1.29 is 14.6 Å². The number of carbonyl (C=O) groups is 1. The molecule has 0 aromatic carbocycles. The minimum absolute atomic E-state index is 0.110. The summed E-state index contributed by atoms with van der Waals surface area (Å²) < 4.78 is 8.35. The number of ether oxygens (including phenoxy) is 1. The van der Waals surface area contributed by atoms with Crippen LogP contribution >= 0.6 is 0 Å². The third-order valence-electron chi connectivity index (χ3n) is 3.72. The number of carboxylic acid groups (broad SMARTS) is 1. The van der Waals surface area contributed by atoms with Gasteiger partial charge in [-0.3, -0.25) is 4.79 Å². The zero-order valence-electron chi connectivity index (χ0n) is 13.9. The van der Waals surface area contributed by atoms with Crippen molar-refractivity contribution in [3.05, 3.63) is 28.8 Å². The Bertz CT molecular complexity index is 760. The van der Waals surface area contributed by atoms with E-state index in [1.54, 1.807) is 19.2 Å². The molecule has 0 aliphatic rings. The van der Waals surface area contributed by atoms with Crippen molar-refractivity contribution >= 4 is 24.9 Å². The Labute approximate surface area is 135 Å². The van der Waals surface area contributed by atoms with Crippen molar-refractivity contribution in [1.82, 2.24) is 14.3 Å². The van der Waals surface area contributed by atoms with Crippen LogP contribution in [0.1, 0.15) is 13.0 Å². The Morgan fingerprint density at radius 3 is 2.74 bits per heavy atom. The third kappa shape index (κ3) is 4.08. The molecular weight excluding hydrogens is 314 g/mol. The number of fused-ring (bicyclic) bond motifs is 1. The minimum Gasteiger partial charge on any atom is -0.480 e. The van der Waals surface area contributed by atoms with Crippen LogP contribution in [0.25, 0.3) is 10.9 Å². The van der Waals surface area contributed by atoms with Crippen LogP contribution in [-0.2, 0) is 16.3 Å². The van der Waals surface area contributed by atoms with Gasteiger partial charge in [0.2, 0.25) is 0 Å². The molecule has 7 nitrogen and oxygen atoms in total. The lowest BCUT2D eigenvalue weighted by Crippen LogP contribution is -2.26. The van der Waals surface area contributed by atoms with Crippen molar-refractivity contribution in [3.8, 4) is 0 Å². The molecule has 0 bridgehead atoms. The second-order valence-electron chi connectivity index (χ2n) is 6.83. The first-order chi connectivity index (χ1) is 10.7. The van der Waals surface area contributed by atoms with E-state index in [4.69, 9.17) is 9.84 Å². The maximum Gasteiger partial charge on any atom is 0.326 e. The highest BCUT2D eigenvalue weighted by molar-refractivity contribution is 6.76. The first kappa shape index (κ1) is 17.4. The Balaban J connectivity index is 2.17. The van der Waals surface area contributed by atoms with Crippen LogP contribution in [0.3, 0.4) is 0 Å². The molecule has 0 aliphatic heterocycles. The summed E-state index contributed by atoms with van der Waals surface area (Å²) in [5.41, 5.74) is 0.245. The maximum atomic E-state index is 12.4. The van der Waals surface area contributed by atoms with Gasteiger partial charge in [0.05, 0.1) is 17.1 Å². The summed E-state index contributed by atoms with van der Waals surface area (Å²) in [4.78, 5) is 23.5. The van der Waals surface area contributed by atoms with Crippen LogP contribution < -0.4 is 5.56 Å². The highest BCUT2D eigenvalue weighted by Crippen LogP contribution is 2.16. The number of rotatable bonds is 7. The Kier molecular flexibility index (Phi) is 5.05. The van der Waals surface area contributed by atoms with Crippen molar-refractivity contribution in [2.45, 2.75) is 45.4 Å². The zero-order valence-corrected chi connectivity index (χ0v) is 14.9. The van der Waals surface area contributed by atoms with E-state index in [1.165, 1.54) is 15.4 Å². The molecule has 2 aromatic heterocycles. The van der Waals surface area contributed by atoms with Crippen LogP contribution in [0.4, 0.5) is 0 Å². The normalized spacial score (nSPS) is 13.4. The third-order valence-corrected chi connectivity index (χ3v) is 5.43. The zero-order chi connectivity index (χ0) is 17.2. The fourth-order valence-corrected chi connectivity index (χ4v) is 2.93. The molecule has 0 spiro atoms. The fourth-order valence-electron chi connectivity index (χ4n) is 2.17. The molecule has 1 atom stereocenters. The van der Waals surface area contributed by atoms with Crippen molar-refractivity contribution in [2.75, 3.05) is 6.61 Å². The summed E-state index contributed by atoms with van der Waals surface area (Å²) >= 11 is 0. The van der Waals surface area contributed by atoms with E-state index in [0.29, 0.717) is 17.5 Å². The number of nitrogens with zero attached hydrogens (tertiary/aromatic N) is 3. The molecule has 2 heterocycles. The predicted molar refractivity (Wildman–Crippen MR) is 90.4 cm³/mol. The van der Waals surface area contributed by atoms with Gasteiger partial charge >= 0.3 is 5.97 Å². The minimum atomic E-state index is -1.16. The Morgan fingerprint density at radius 1 is 1.43 bits per heavy atom. The van der Waals surface area contributed by atoms with Gasteiger partial charge in [0.25, 0.3) is 5.56 Å². The monoisotopic (exact) mass is 337 g/mol. The van der Waals surface area contributed by atoms with E-state index in [0.717, 1.165) is 6.04 Å². The molecule has 0 amide bonds. The molecule has 126 valence electrons. The van der Waals surface area contributed by atoms with Crippen LogP contribution in [0.2, 0.25) is 25.7 Å². The molecule has 8 heteroatoms. The van der Waals surface area contributed by atoms with Gasteiger partial charge in [-0.2, -0.15) is 5.10 Å². The summed E-state index contributed by atoms with van der Waals surface area (Å²) in [7, 11) is -1.16. The van der Waals surface area contributed by atoms with Gasteiger partial charge in [-0.1, -0.05) is 19.6 Å². The first-order valence-corrected chi connectivity index (χ1v) is 11.3. The molecule has 1 N–H and O–H groups in total. The highest BCUT2D eigenvalue weighted by atomic mass is 28.3. The van der Waals surface area contributed by atoms with Gasteiger partial charge in [0.15, 0.2) is 0 Å². The summed E-state index contributed by atoms with van der Waals surface area (Å²) in [6.45, 7) is 9.07. The van der Waals surface area contributed by atoms with Gasteiger partial charge in [0.1, 0.15) is 12.8 Å². The lowest BCUT2D eigenvalue weighted by molar-refractivity contribution is -0.140. The molecule has 23 heavy (non-hydrogen) atoms. The molecule has 0 unspecified atom stereocenters. The van der Waals surface area contributed by atoms with Gasteiger partial charge in [-0.05, 0) is 19.0 Å². The van der Waals surface area contributed by atoms with Crippen LogP contribution in [0, 0.1) is 0 Å². The van der Waals surface area contributed by atoms with E-state index in [-0.39, 0.29) is 12.3 Å². The molecular formula is C15H23N3O4Si. The standard InChI is InChI=1S/C15H23N3O4Si/c1-11(15(20)21)17-6-5-12-13(17)9-16-18(14(12)19)10-22-7-8-23(2,3)4/h5-6,9,11H,7-8,10H2,1-4H3,(H,20,21)/t11-/m1/s1. The van der Waals surface area contributed by atoms with Crippen LogP contribution in [0.15, 0.2) is 23.3 Å². The quantitative estimate of drug-likeness (QED) is 0.618. The smallest absolute Gasteiger partial charge is 0.326 e. The summed E-state index contributed by atoms with van der Waals surface area (Å²) in [6, 6.07) is 1.89.